The first kappa shape index (κ1) is 20.8. The van der Waals surface area contributed by atoms with Crippen LogP contribution in [-0.4, -0.2) is 56.4 Å². The molecular weight excluding hydrogens is 380 g/mol. The summed E-state index contributed by atoms with van der Waals surface area (Å²) in [6, 6.07) is 15.6. The van der Waals surface area contributed by atoms with E-state index in [1.54, 1.807) is 12.1 Å². The maximum Gasteiger partial charge on any atom is 0.251 e. The van der Waals surface area contributed by atoms with Crippen molar-refractivity contribution in [1.82, 2.24) is 10.2 Å². The molecule has 2 aromatic carbocycles. The van der Waals surface area contributed by atoms with Crippen molar-refractivity contribution in [1.29, 1.82) is 0 Å². The molecule has 4 rings (SSSR count). The lowest BCUT2D eigenvalue weighted by Gasteiger charge is -2.27. The molecule has 1 atom stereocenters. The molecule has 1 amide bonds. The Morgan fingerprint density at radius 1 is 1.03 bits per heavy atom. The van der Waals surface area contributed by atoms with Crippen LogP contribution < -0.4 is 10.1 Å². The summed E-state index contributed by atoms with van der Waals surface area (Å²) in [5, 5.41) is 3.05. The van der Waals surface area contributed by atoms with Crippen LogP contribution >= 0.6 is 0 Å². The van der Waals surface area contributed by atoms with Crippen LogP contribution in [0.3, 0.4) is 0 Å². The summed E-state index contributed by atoms with van der Waals surface area (Å²) in [6.45, 7) is 6.24. The fourth-order valence-corrected chi connectivity index (χ4v) is 3.83. The van der Waals surface area contributed by atoms with Gasteiger partial charge < -0.3 is 19.5 Å². The molecule has 0 aliphatic carbocycles. The third-order valence-corrected chi connectivity index (χ3v) is 5.63. The van der Waals surface area contributed by atoms with Crippen molar-refractivity contribution in [3.63, 3.8) is 0 Å². The minimum atomic E-state index is -0.0816. The molecule has 2 saturated heterocycles. The Morgan fingerprint density at radius 3 is 2.53 bits per heavy atom. The maximum atomic E-state index is 12.6. The zero-order valence-electron chi connectivity index (χ0n) is 17.3. The summed E-state index contributed by atoms with van der Waals surface area (Å²) in [5.74, 6) is 0.680. The Labute approximate surface area is 178 Å². The number of hydrogen-bond acceptors (Lipinski definition) is 5. The number of ether oxygens (including phenoxy) is 3. The van der Waals surface area contributed by atoms with Gasteiger partial charge in [0.1, 0.15) is 12.4 Å². The van der Waals surface area contributed by atoms with Crippen molar-refractivity contribution in [2.75, 3.05) is 39.5 Å². The molecule has 0 saturated carbocycles. The van der Waals surface area contributed by atoms with E-state index >= 15 is 0 Å². The summed E-state index contributed by atoms with van der Waals surface area (Å²) in [5.41, 5.74) is 3.02. The fourth-order valence-electron chi connectivity index (χ4n) is 3.83. The molecule has 0 unspecified atom stereocenters. The predicted molar refractivity (Wildman–Crippen MR) is 115 cm³/mol. The number of nitrogens with zero attached hydrogens (tertiary/aromatic N) is 1. The average molecular weight is 411 g/mol. The number of morpholine rings is 1. The van der Waals surface area contributed by atoms with E-state index in [0.29, 0.717) is 18.7 Å². The third-order valence-electron chi connectivity index (χ3n) is 5.63. The molecular formula is C24H30N2O4. The van der Waals surface area contributed by atoms with Crippen molar-refractivity contribution >= 4 is 5.91 Å². The van der Waals surface area contributed by atoms with Gasteiger partial charge in [-0.1, -0.05) is 24.3 Å². The average Bonchev–Trinajstić information content (AvgIpc) is 3.32. The van der Waals surface area contributed by atoms with Crippen molar-refractivity contribution in [3.8, 4) is 5.75 Å². The van der Waals surface area contributed by atoms with Gasteiger partial charge in [0.25, 0.3) is 5.91 Å². The lowest BCUT2D eigenvalue weighted by Crippen LogP contribution is -2.36. The molecule has 2 aliphatic rings. The van der Waals surface area contributed by atoms with E-state index in [2.05, 4.69) is 28.4 Å². The van der Waals surface area contributed by atoms with Crippen LogP contribution in [0.1, 0.15) is 34.3 Å². The van der Waals surface area contributed by atoms with Gasteiger partial charge in [0.15, 0.2) is 0 Å². The quantitative estimate of drug-likeness (QED) is 0.725. The number of carbonyl (C=O) groups excluding carboxylic acids is 1. The number of nitrogens with one attached hydrogen (secondary N) is 1. The first-order valence-corrected chi connectivity index (χ1v) is 10.8. The van der Waals surface area contributed by atoms with Gasteiger partial charge in [-0.25, -0.2) is 0 Å². The van der Waals surface area contributed by atoms with Gasteiger partial charge in [-0.3, -0.25) is 9.69 Å². The Balaban J connectivity index is 1.29. The highest BCUT2D eigenvalue weighted by Crippen LogP contribution is 2.17. The molecule has 160 valence electrons. The van der Waals surface area contributed by atoms with E-state index in [4.69, 9.17) is 14.2 Å². The topological polar surface area (TPSA) is 60.0 Å². The molecule has 30 heavy (non-hydrogen) atoms. The van der Waals surface area contributed by atoms with E-state index in [9.17, 15) is 4.79 Å². The summed E-state index contributed by atoms with van der Waals surface area (Å²) in [4.78, 5) is 15.0. The minimum absolute atomic E-state index is 0.0816. The first-order valence-electron chi connectivity index (χ1n) is 10.8. The third kappa shape index (κ3) is 5.81. The zero-order chi connectivity index (χ0) is 20.6. The predicted octanol–water partition coefficient (Wildman–Crippen LogP) is 3.01. The lowest BCUT2D eigenvalue weighted by molar-refractivity contribution is 0.0340. The molecule has 0 radical (unpaired) electrons. The standard InChI is InChI=1S/C24H30N2O4/c27-24(19-7-9-22(10-8-19)30-18-23-6-3-13-29-23)25-16-20-4-1-2-5-21(20)17-26-11-14-28-15-12-26/h1-2,4-5,7-10,23H,3,6,11-18H2,(H,25,27)/t23-/m1/s1. The van der Waals surface area contributed by atoms with Crippen LogP contribution in [0.15, 0.2) is 48.5 Å². The van der Waals surface area contributed by atoms with Gasteiger partial charge in [0.05, 0.1) is 19.3 Å². The molecule has 1 N–H and O–H groups in total. The molecule has 2 heterocycles. The van der Waals surface area contributed by atoms with Gasteiger partial charge in [0, 0.05) is 38.3 Å². The van der Waals surface area contributed by atoms with Crippen molar-refractivity contribution in [3.05, 3.63) is 65.2 Å². The number of carbonyl (C=O) groups is 1. The van der Waals surface area contributed by atoms with E-state index in [1.165, 1.54) is 5.56 Å². The number of amides is 1. The van der Waals surface area contributed by atoms with E-state index in [1.807, 2.05) is 18.2 Å². The van der Waals surface area contributed by atoms with Crippen LogP contribution in [0.4, 0.5) is 0 Å². The monoisotopic (exact) mass is 410 g/mol. The van der Waals surface area contributed by atoms with E-state index in [0.717, 1.165) is 63.6 Å². The minimum Gasteiger partial charge on any atom is -0.491 e. The Morgan fingerprint density at radius 2 is 1.80 bits per heavy atom. The normalized spacial score (nSPS) is 19.5. The smallest absolute Gasteiger partial charge is 0.251 e. The summed E-state index contributed by atoms with van der Waals surface area (Å²) >= 11 is 0. The largest absolute Gasteiger partial charge is 0.491 e. The number of benzene rings is 2. The van der Waals surface area contributed by atoms with Crippen LogP contribution in [0, 0.1) is 0 Å². The van der Waals surface area contributed by atoms with Crippen molar-refractivity contribution in [2.45, 2.75) is 32.0 Å². The van der Waals surface area contributed by atoms with Crippen LogP contribution in [0.5, 0.6) is 5.75 Å². The van der Waals surface area contributed by atoms with Gasteiger partial charge >= 0.3 is 0 Å². The molecule has 0 aromatic heterocycles. The Bertz CT molecular complexity index is 812. The van der Waals surface area contributed by atoms with Crippen LogP contribution in [0.2, 0.25) is 0 Å². The Hall–Kier alpha value is -2.41. The summed E-state index contributed by atoms with van der Waals surface area (Å²) in [7, 11) is 0. The molecule has 2 aliphatic heterocycles. The van der Waals surface area contributed by atoms with Gasteiger partial charge in [-0.05, 0) is 48.2 Å². The molecule has 0 spiro atoms. The fraction of sp³-hybridized carbons (Fsp3) is 0.458. The molecule has 6 nitrogen and oxygen atoms in total. The molecule has 6 heteroatoms. The van der Waals surface area contributed by atoms with Crippen molar-refractivity contribution < 1.29 is 19.0 Å². The molecule has 2 fully saturated rings. The van der Waals surface area contributed by atoms with E-state index in [-0.39, 0.29) is 12.0 Å². The zero-order valence-corrected chi connectivity index (χ0v) is 17.3. The molecule has 2 aromatic rings. The van der Waals surface area contributed by atoms with Gasteiger partial charge in [0.2, 0.25) is 0 Å². The Kier molecular flexibility index (Phi) is 7.34. The van der Waals surface area contributed by atoms with Crippen LogP contribution in [0.25, 0.3) is 0 Å². The number of rotatable bonds is 8. The lowest BCUT2D eigenvalue weighted by atomic mass is 10.1. The first-order chi connectivity index (χ1) is 14.8. The highest BCUT2D eigenvalue weighted by atomic mass is 16.5. The second kappa shape index (κ2) is 10.6. The van der Waals surface area contributed by atoms with Crippen molar-refractivity contribution in [2.24, 2.45) is 0 Å². The summed E-state index contributed by atoms with van der Waals surface area (Å²) < 4.78 is 16.8. The molecule has 0 bridgehead atoms. The van der Waals surface area contributed by atoms with E-state index < -0.39 is 0 Å². The second-order valence-electron chi connectivity index (χ2n) is 7.81. The summed E-state index contributed by atoms with van der Waals surface area (Å²) in [6.07, 6.45) is 2.33. The maximum absolute atomic E-state index is 12.6. The van der Waals surface area contributed by atoms with Gasteiger partial charge in [-0.15, -0.1) is 0 Å². The highest BCUT2D eigenvalue weighted by molar-refractivity contribution is 5.94. The van der Waals surface area contributed by atoms with Crippen LogP contribution in [-0.2, 0) is 22.6 Å². The SMILES string of the molecule is O=C(NCc1ccccc1CN1CCOCC1)c1ccc(OC[C@H]2CCCO2)cc1. The van der Waals surface area contributed by atoms with Gasteiger partial charge in [-0.2, -0.15) is 0 Å². The highest BCUT2D eigenvalue weighted by Gasteiger charge is 2.16. The second-order valence-corrected chi connectivity index (χ2v) is 7.81. The number of hydrogen-bond donors (Lipinski definition) is 1.